The highest BCUT2D eigenvalue weighted by molar-refractivity contribution is 7.98. The fraction of sp³-hybridized carbons (Fsp3) is 0.333. The number of nitrogens with zero attached hydrogens (tertiary/aromatic N) is 4. The van der Waals surface area contributed by atoms with Crippen LogP contribution < -0.4 is 5.32 Å². The average molecular weight is 634 g/mol. The summed E-state index contributed by atoms with van der Waals surface area (Å²) in [6, 6.07) is 10.8. The first-order valence-corrected chi connectivity index (χ1v) is 16.8. The van der Waals surface area contributed by atoms with Crippen LogP contribution >= 0.6 is 23.1 Å². The topological polar surface area (TPSA) is 89.3 Å². The number of thiazole rings is 1. The molecule has 2 aromatic heterocycles. The van der Waals surface area contributed by atoms with Gasteiger partial charge in [-0.2, -0.15) is 11.8 Å². The Morgan fingerprint density at radius 3 is 2.66 bits per heavy atom. The van der Waals surface area contributed by atoms with Crippen LogP contribution in [0.4, 0.5) is 4.39 Å². The van der Waals surface area contributed by atoms with Crippen molar-refractivity contribution >= 4 is 46.6 Å². The van der Waals surface area contributed by atoms with Crippen LogP contribution in [0.25, 0.3) is 22.8 Å². The van der Waals surface area contributed by atoms with Crippen molar-refractivity contribution in [1.82, 2.24) is 24.8 Å². The van der Waals surface area contributed by atoms with Gasteiger partial charge in [-0.25, -0.2) is 19.2 Å². The maximum Gasteiger partial charge on any atom is 0.328 e. The molecule has 3 heterocycles. The lowest BCUT2D eigenvalue weighted by Crippen LogP contribution is -2.45. The van der Waals surface area contributed by atoms with Gasteiger partial charge in [0.15, 0.2) is 0 Å². The summed E-state index contributed by atoms with van der Waals surface area (Å²) in [4.78, 5) is 37.9. The van der Waals surface area contributed by atoms with Gasteiger partial charge in [0.25, 0.3) is 5.91 Å². The van der Waals surface area contributed by atoms with Crippen LogP contribution in [0.5, 0.6) is 0 Å². The van der Waals surface area contributed by atoms with Gasteiger partial charge in [0.1, 0.15) is 23.0 Å². The average Bonchev–Trinajstić information content (AvgIpc) is 3.75. The third kappa shape index (κ3) is 8.43. The number of halogens is 1. The Hall–Kier alpha value is -3.80. The minimum atomic E-state index is -0.776. The number of rotatable bonds is 12. The first-order chi connectivity index (χ1) is 21.4. The Bertz CT molecular complexity index is 1550. The minimum Gasteiger partial charge on any atom is -0.461 e. The van der Waals surface area contributed by atoms with Gasteiger partial charge in [-0.3, -0.25) is 4.79 Å². The second kappa shape index (κ2) is 15.3. The van der Waals surface area contributed by atoms with Gasteiger partial charge in [-0.1, -0.05) is 18.2 Å². The summed E-state index contributed by atoms with van der Waals surface area (Å²) < 4.78 is 21.7. The smallest absolute Gasteiger partial charge is 0.328 e. The van der Waals surface area contributed by atoms with Crippen molar-refractivity contribution in [3.05, 3.63) is 94.7 Å². The molecular weight excluding hydrogens is 598 g/mol. The number of allylic oxidation sites excluding steroid dienone is 1. The van der Waals surface area contributed by atoms with Crippen molar-refractivity contribution in [2.45, 2.75) is 38.0 Å². The third-order valence-corrected chi connectivity index (χ3v) is 9.05. The second-order valence-corrected chi connectivity index (χ2v) is 12.7. The van der Waals surface area contributed by atoms with Gasteiger partial charge >= 0.3 is 5.97 Å². The molecule has 230 valence electrons. The predicted molar refractivity (Wildman–Crippen MR) is 175 cm³/mol. The number of hydrogen-bond acceptors (Lipinski definition) is 8. The van der Waals surface area contributed by atoms with Crippen LogP contribution in [-0.2, 0) is 16.1 Å². The number of aromatic nitrogens is 3. The zero-order valence-corrected chi connectivity index (χ0v) is 26.5. The molecule has 1 amide bonds. The molecule has 0 spiro atoms. The zero-order valence-electron chi connectivity index (χ0n) is 24.8. The van der Waals surface area contributed by atoms with Crippen LogP contribution in [0.15, 0.2) is 72.8 Å². The summed E-state index contributed by atoms with van der Waals surface area (Å²) in [7, 11) is 2.05. The maximum absolute atomic E-state index is 13.9. The Labute approximate surface area is 265 Å². The normalized spacial score (nSPS) is 15.2. The van der Waals surface area contributed by atoms with Crippen molar-refractivity contribution in [3.63, 3.8) is 0 Å². The lowest BCUT2D eigenvalue weighted by atomic mass is 9.95. The van der Waals surface area contributed by atoms with E-state index < -0.39 is 12.0 Å². The highest BCUT2D eigenvalue weighted by Crippen LogP contribution is 2.29. The van der Waals surface area contributed by atoms with Crippen molar-refractivity contribution in [3.8, 4) is 11.1 Å². The van der Waals surface area contributed by atoms with Crippen molar-refractivity contribution < 1.29 is 18.7 Å². The molecule has 11 heteroatoms. The van der Waals surface area contributed by atoms with Crippen LogP contribution in [0, 0.1) is 5.82 Å². The first kappa shape index (κ1) is 31.6. The first-order valence-electron chi connectivity index (χ1n) is 14.5. The zero-order chi connectivity index (χ0) is 30.9. The fourth-order valence-electron chi connectivity index (χ4n) is 5.12. The largest absolute Gasteiger partial charge is 0.461 e. The molecule has 1 aliphatic heterocycles. The van der Waals surface area contributed by atoms with Crippen molar-refractivity contribution in [2.24, 2.45) is 0 Å². The van der Waals surface area contributed by atoms with Crippen LogP contribution in [0.1, 0.15) is 40.2 Å². The number of carbonyl (C=O) groups excluding carboxylic acids is 2. The standard InChI is InChI=1S/C33H36FN5O3S2/c1-38-14-9-27(10-15-38)42-33(41)30(11-17-43-2)37-31(40)28-8-3-23(20-29(28)24-4-6-26(34)7-5-24)19-25(32-36-13-18-44-32)21-39-16-12-35-22-39/h3-8,12-13,16,18-20,22,27,30H,9-11,14-15,17,21H2,1-2H3,(H,37,40)/t30-/m0/s1. The van der Waals surface area contributed by atoms with Crippen molar-refractivity contribution in [1.29, 1.82) is 0 Å². The van der Waals surface area contributed by atoms with E-state index in [4.69, 9.17) is 4.74 Å². The molecule has 2 aromatic carbocycles. The third-order valence-electron chi connectivity index (χ3n) is 7.55. The van der Waals surface area contributed by atoms with E-state index in [1.807, 2.05) is 40.6 Å². The van der Waals surface area contributed by atoms with E-state index in [1.54, 1.807) is 60.0 Å². The Morgan fingerprint density at radius 1 is 1.18 bits per heavy atom. The summed E-state index contributed by atoms with van der Waals surface area (Å²) in [6.07, 6.45) is 13.0. The molecule has 1 atom stereocenters. The minimum absolute atomic E-state index is 0.150. The Morgan fingerprint density at radius 2 is 1.98 bits per heavy atom. The van der Waals surface area contributed by atoms with Crippen LogP contribution in [0.3, 0.4) is 0 Å². The Balaban J connectivity index is 1.44. The molecule has 1 saturated heterocycles. The number of esters is 1. The summed E-state index contributed by atoms with van der Waals surface area (Å²) in [5.74, 6) is -0.461. The molecule has 0 unspecified atom stereocenters. The molecule has 5 rings (SSSR count). The van der Waals surface area contributed by atoms with Crippen LogP contribution in [-0.4, -0.2) is 75.6 Å². The lowest BCUT2D eigenvalue weighted by Gasteiger charge is -2.30. The predicted octanol–water partition coefficient (Wildman–Crippen LogP) is 5.88. The van der Waals surface area contributed by atoms with Gasteiger partial charge in [0.05, 0.1) is 12.9 Å². The van der Waals surface area contributed by atoms with E-state index in [1.165, 1.54) is 12.1 Å². The van der Waals surface area contributed by atoms with Crippen LogP contribution in [0.2, 0.25) is 0 Å². The van der Waals surface area contributed by atoms with Crippen molar-refractivity contribution in [2.75, 3.05) is 32.1 Å². The molecule has 8 nitrogen and oxygen atoms in total. The highest BCUT2D eigenvalue weighted by Gasteiger charge is 2.28. The molecule has 0 bridgehead atoms. The number of ether oxygens (including phenoxy) is 1. The van der Waals surface area contributed by atoms with Gasteiger partial charge in [-0.15, -0.1) is 11.3 Å². The van der Waals surface area contributed by atoms with E-state index in [-0.39, 0.29) is 17.8 Å². The Kier molecular flexibility index (Phi) is 11.0. The number of amides is 1. The van der Waals surface area contributed by atoms with E-state index in [0.717, 1.165) is 42.1 Å². The number of imidazole rings is 1. The highest BCUT2D eigenvalue weighted by atomic mass is 32.2. The monoisotopic (exact) mass is 633 g/mol. The molecule has 1 fully saturated rings. The summed E-state index contributed by atoms with van der Waals surface area (Å²) in [6.45, 7) is 2.31. The van der Waals surface area contributed by atoms with E-state index in [2.05, 4.69) is 27.2 Å². The summed E-state index contributed by atoms with van der Waals surface area (Å²) in [5, 5.41) is 5.76. The summed E-state index contributed by atoms with van der Waals surface area (Å²) in [5.41, 5.74) is 3.54. The molecule has 1 N–H and O–H groups in total. The second-order valence-electron chi connectivity index (χ2n) is 10.8. The fourth-order valence-corrected chi connectivity index (χ4v) is 6.24. The number of benzene rings is 2. The van der Waals surface area contributed by atoms with Gasteiger partial charge < -0.3 is 19.5 Å². The molecule has 0 saturated carbocycles. The number of piperidine rings is 1. The maximum atomic E-state index is 13.9. The number of carbonyl (C=O) groups is 2. The summed E-state index contributed by atoms with van der Waals surface area (Å²) >= 11 is 3.15. The number of thioether (sulfide) groups is 1. The molecule has 1 aliphatic rings. The van der Waals surface area contributed by atoms with Gasteiger partial charge in [0.2, 0.25) is 0 Å². The molecule has 44 heavy (non-hydrogen) atoms. The molecule has 0 aliphatic carbocycles. The van der Waals surface area contributed by atoms with E-state index in [9.17, 15) is 14.0 Å². The quantitative estimate of drug-likeness (QED) is 0.195. The van der Waals surface area contributed by atoms with E-state index >= 15 is 0 Å². The molecular formula is C33H36FN5O3S2. The lowest BCUT2D eigenvalue weighted by molar-refractivity contribution is -0.153. The van der Waals surface area contributed by atoms with Gasteiger partial charge in [0, 0.05) is 48.2 Å². The number of hydrogen-bond donors (Lipinski definition) is 1. The SMILES string of the molecule is CSCC[C@H](NC(=O)c1ccc(C=C(Cn2ccnc2)c2nccs2)cc1-c1ccc(F)cc1)C(=O)OC1CCN(C)CC1. The van der Waals surface area contributed by atoms with Gasteiger partial charge in [-0.05, 0) is 85.4 Å². The molecule has 0 radical (unpaired) electrons. The van der Waals surface area contributed by atoms with E-state index in [0.29, 0.717) is 35.4 Å². The number of likely N-dealkylation sites (tertiary alicyclic amines) is 1. The number of nitrogens with one attached hydrogen (secondary N) is 1. The molecule has 4 aromatic rings.